The lowest BCUT2D eigenvalue weighted by atomic mass is 10.1. The lowest BCUT2D eigenvalue weighted by molar-refractivity contribution is -0.137. The van der Waals surface area contributed by atoms with E-state index >= 15 is 0 Å². The number of phenolic OH excluding ortho intramolecular Hbond substituents is 1. The van der Waals surface area contributed by atoms with Crippen molar-refractivity contribution in [1.82, 2.24) is 5.32 Å². The predicted octanol–water partition coefficient (Wildman–Crippen LogP) is 3.67. The first kappa shape index (κ1) is 17.0. The van der Waals surface area contributed by atoms with Gasteiger partial charge in [0, 0.05) is 5.56 Å². The van der Waals surface area contributed by atoms with Crippen molar-refractivity contribution >= 4 is 35.0 Å². The highest BCUT2D eigenvalue weighted by Crippen LogP contribution is 2.38. The SMILES string of the molecule is O=C1/C(=C/c2ccccc2O)NC(=S)N1c1ccccc1C(F)(F)F. The van der Waals surface area contributed by atoms with E-state index in [1.54, 1.807) is 18.2 Å². The molecule has 0 atom stereocenters. The van der Waals surface area contributed by atoms with E-state index in [1.807, 2.05) is 0 Å². The number of phenols is 1. The maximum atomic E-state index is 13.2. The van der Waals surface area contributed by atoms with E-state index in [0.717, 1.165) is 11.0 Å². The van der Waals surface area contributed by atoms with Gasteiger partial charge in [-0.05, 0) is 36.5 Å². The molecular formula is C17H11F3N2O2S. The van der Waals surface area contributed by atoms with Crippen molar-refractivity contribution < 1.29 is 23.1 Å². The topological polar surface area (TPSA) is 52.6 Å². The Morgan fingerprint density at radius 3 is 2.40 bits per heavy atom. The van der Waals surface area contributed by atoms with Gasteiger partial charge in [-0.2, -0.15) is 13.2 Å². The van der Waals surface area contributed by atoms with Crippen molar-refractivity contribution in [3.63, 3.8) is 0 Å². The number of nitrogens with zero attached hydrogens (tertiary/aromatic N) is 1. The number of amides is 1. The summed E-state index contributed by atoms with van der Waals surface area (Å²) in [5, 5.41) is 12.2. The Balaban J connectivity index is 2.03. The second-order valence-corrected chi connectivity index (χ2v) is 5.59. The second-order valence-electron chi connectivity index (χ2n) is 5.20. The van der Waals surface area contributed by atoms with Gasteiger partial charge in [-0.15, -0.1) is 0 Å². The number of hydrogen-bond acceptors (Lipinski definition) is 3. The van der Waals surface area contributed by atoms with Gasteiger partial charge in [0.15, 0.2) is 5.11 Å². The second kappa shape index (κ2) is 6.21. The van der Waals surface area contributed by atoms with Crippen molar-refractivity contribution in [2.75, 3.05) is 4.90 Å². The molecule has 1 fully saturated rings. The van der Waals surface area contributed by atoms with Crippen LogP contribution in [0, 0.1) is 0 Å². The average molecular weight is 364 g/mol. The lowest BCUT2D eigenvalue weighted by Crippen LogP contribution is -2.32. The lowest BCUT2D eigenvalue weighted by Gasteiger charge is -2.19. The standard InChI is InChI=1S/C17H11F3N2O2S/c18-17(19,20)11-6-2-3-7-13(11)22-15(24)12(21-16(22)25)9-10-5-1-4-8-14(10)23/h1-9,23H,(H,21,25)/b12-9-. The number of rotatable bonds is 2. The van der Waals surface area contributed by atoms with E-state index in [-0.39, 0.29) is 22.2 Å². The summed E-state index contributed by atoms with van der Waals surface area (Å²) in [6.07, 6.45) is -3.29. The van der Waals surface area contributed by atoms with Crippen LogP contribution >= 0.6 is 12.2 Å². The Bertz CT molecular complexity index is 893. The summed E-state index contributed by atoms with van der Waals surface area (Å²) in [5.41, 5.74) is -0.995. The van der Waals surface area contributed by atoms with Crippen LogP contribution in [-0.2, 0) is 11.0 Å². The summed E-state index contributed by atoms with van der Waals surface area (Å²) in [5.74, 6) is -0.797. The zero-order valence-electron chi connectivity index (χ0n) is 12.5. The number of benzene rings is 2. The molecule has 2 aromatic carbocycles. The summed E-state index contributed by atoms with van der Waals surface area (Å²) >= 11 is 5.03. The molecule has 128 valence electrons. The molecule has 0 aromatic heterocycles. The Kier molecular flexibility index (Phi) is 4.22. The first-order valence-corrected chi connectivity index (χ1v) is 7.51. The molecule has 1 aliphatic heterocycles. The Labute approximate surface area is 146 Å². The fourth-order valence-corrected chi connectivity index (χ4v) is 2.72. The highest BCUT2D eigenvalue weighted by Gasteiger charge is 2.40. The monoisotopic (exact) mass is 364 g/mol. The molecule has 3 rings (SSSR count). The van der Waals surface area contributed by atoms with E-state index in [2.05, 4.69) is 5.32 Å². The third-order valence-electron chi connectivity index (χ3n) is 3.57. The number of nitrogens with one attached hydrogen (secondary N) is 1. The minimum atomic E-state index is -4.63. The highest BCUT2D eigenvalue weighted by atomic mass is 32.1. The summed E-state index contributed by atoms with van der Waals surface area (Å²) in [4.78, 5) is 13.4. The largest absolute Gasteiger partial charge is 0.507 e. The van der Waals surface area contributed by atoms with Crippen LogP contribution in [0.25, 0.3) is 6.08 Å². The minimum absolute atomic E-state index is 0.0246. The van der Waals surface area contributed by atoms with Gasteiger partial charge in [-0.1, -0.05) is 30.3 Å². The van der Waals surface area contributed by atoms with Gasteiger partial charge in [0.05, 0.1) is 11.3 Å². The molecule has 0 bridgehead atoms. The van der Waals surface area contributed by atoms with E-state index in [9.17, 15) is 23.1 Å². The Morgan fingerprint density at radius 2 is 1.72 bits per heavy atom. The van der Waals surface area contributed by atoms with Crippen LogP contribution in [0.3, 0.4) is 0 Å². The molecule has 0 aliphatic carbocycles. The molecule has 1 aliphatic rings. The number of alkyl halides is 3. The van der Waals surface area contributed by atoms with Gasteiger partial charge in [0.25, 0.3) is 5.91 Å². The third kappa shape index (κ3) is 3.20. The molecule has 1 amide bonds. The number of carbonyl (C=O) groups excluding carboxylic acids is 1. The Morgan fingerprint density at radius 1 is 1.08 bits per heavy atom. The van der Waals surface area contributed by atoms with Crippen LogP contribution in [0.5, 0.6) is 5.75 Å². The first-order chi connectivity index (χ1) is 11.8. The summed E-state index contributed by atoms with van der Waals surface area (Å²) < 4.78 is 39.6. The van der Waals surface area contributed by atoms with Gasteiger partial charge in [-0.25, -0.2) is 0 Å². The van der Waals surface area contributed by atoms with Gasteiger partial charge < -0.3 is 10.4 Å². The van der Waals surface area contributed by atoms with Crippen LogP contribution in [0.4, 0.5) is 18.9 Å². The zero-order valence-corrected chi connectivity index (χ0v) is 13.4. The molecule has 8 heteroatoms. The molecule has 0 saturated carbocycles. The first-order valence-electron chi connectivity index (χ1n) is 7.10. The molecule has 0 radical (unpaired) electrons. The smallest absolute Gasteiger partial charge is 0.418 e. The number of thiocarbonyl (C=S) groups is 1. The number of aromatic hydroxyl groups is 1. The van der Waals surface area contributed by atoms with Crippen molar-refractivity contribution in [3.05, 3.63) is 65.4 Å². The minimum Gasteiger partial charge on any atom is -0.507 e. The maximum Gasteiger partial charge on any atom is 0.418 e. The van der Waals surface area contributed by atoms with E-state index in [0.29, 0.717) is 5.56 Å². The van der Waals surface area contributed by atoms with Gasteiger partial charge >= 0.3 is 6.18 Å². The fraction of sp³-hybridized carbons (Fsp3) is 0.0588. The van der Waals surface area contributed by atoms with E-state index in [4.69, 9.17) is 12.2 Å². The van der Waals surface area contributed by atoms with Crippen LogP contribution in [0.1, 0.15) is 11.1 Å². The average Bonchev–Trinajstić information content (AvgIpc) is 2.83. The number of carbonyl (C=O) groups is 1. The normalized spacial score (nSPS) is 16.4. The third-order valence-corrected chi connectivity index (χ3v) is 3.85. The maximum absolute atomic E-state index is 13.2. The molecule has 25 heavy (non-hydrogen) atoms. The molecular weight excluding hydrogens is 353 g/mol. The van der Waals surface area contributed by atoms with Crippen LogP contribution < -0.4 is 10.2 Å². The number of hydrogen-bond donors (Lipinski definition) is 2. The zero-order chi connectivity index (χ0) is 18.2. The summed E-state index contributed by atoms with van der Waals surface area (Å²) in [7, 11) is 0. The molecule has 0 spiro atoms. The van der Waals surface area contributed by atoms with Crippen molar-refractivity contribution in [2.45, 2.75) is 6.18 Å². The Hall–Kier alpha value is -2.87. The van der Waals surface area contributed by atoms with Crippen LogP contribution in [-0.4, -0.2) is 16.1 Å². The predicted molar refractivity (Wildman–Crippen MR) is 90.7 cm³/mol. The number of halogens is 3. The van der Waals surface area contributed by atoms with Crippen molar-refractivity contribution in [3.8, 4) is 5.75 Å². The van der Waals surface area contributed by atoms with Crippen molar-refractivity contribution in [1.29, 1.82) is 0 Å². The van der Waals surface area contributed by atoms with E-state index < -0.39 is 17.6 Å². The molecule has 4 nitrogen and oxygen atoms in total. The number of para-hydroxylation sites is 2. The van der Waals surface area contributed by atoms with Crippen LogP contribution in [0.2, 0.25) is 0 Å². The molecule has 2 N–H and O–H groups in total. The molecule has 1 heterocycles. The van der Waals surface area contributed by atoms with Crippen molar-refractivity contribution in [2.24, 2.45) is 0 Å². The quantitative estimate of drug-likeness (QED) is 0.631. The molecule has 1 saturated heterocycles. The van der Waals surface area contributed by atoms with E-state index in [1.165, 1.54) is 30.3 Å². The number of anilines is 1. The molecule has 2 aromatic rings. The van der Waals surface area contributed by atoms with Crippen LogP contribution in [0.15, 0.2) is 54.2 Å². The summed E-state index contributed by atoms with van der Waals surface area (Å²) in [6.45, 7) is 0. The van der Waals surface area contributed by atoms with Gasteiger partial charge in [0.1, 0.15) is 11.4 Å². The fourth-order valence-electron chi connectivity index (χ4n) is 2.43. The molecule has 0 unspecified atom stereocenters. The van der Waals surface area contributed by atoms with Gasteiger partial charge in [-0.3, -0.25) is 9.69 Å². The highest BCUT2D eigenvalue weighted by molar-refractivity contribution is 7.80. The van der Waals surface area contributed by atoms with Gasteiger partial charge in [0.2, 0.25) is 0 Å². The summed E-state index contributed by atoms with van der Waals surface area (Å²) in [6, 6.07) is 11.0.